The number of halogens is 1. The lowest BCUT2D eigenvalue weighted by atomic mass is 10.1. The largest absolute Gasteiger partial charge is 0.370 e. The molecular weight excluding hydrogens is 226 g/mol. The highest BCUT2D eigenvalue weighted by Gasteiger charge is 2.30. The summed E-state index contributed by atoms with van der Waals surface area (Å²) in [7, 11) is 0. The summed E-state index contributed by atoms with van der Waals surface area (Å²) in [6.07, 6.45) is 0.160. The van der Waals surface area contributed by atoms with Gasteiger partial charge in [0.05, 0.1) is 12.7 Å². The fourth-order valence-electron chi connectivity index (χ4n) is 1.62. The van der Waals surface area contributed by atoms with Crippen molar-refractivity contribution in [1.29, 1.82) is 0 Å². The summed E-state index contributed by atoms with van der Waals surface area (Å²) in [4.78, 5) is 12.9. The standard InChI is InChI=1S/C12H14ClNO2/c13-6-12(15)14-7-11(8-14)16-9-10-4-2-1-3-5-10/h1-5,11H,6-9H2. The summed E-state index contributed by atoms with van der Waals surface area (Å²) in [5, 5.41) is 0. The van der Waals surface area contributed by atoms with Crippen LogP contribution in [0, 0.1) is 0 Å². The lowest BCUT2D eigenvalue weighted by Gasteiger charge is -2.38. The molecule has 0 N–H and O–H groups in total. The molecule has 1 aliphatic rings. The number of benzene rings is 1. The van der Waals surface area contributed by atoms with Crippen LogP contribution >= 0.6 is 11.6 Å². The highest BCUT2D eigenvalue weighted by molar-refractivity contribution is 6.27. The molecule has 1 fully saturated rings. The Morgan fingerprint density at radius 2 is 2.06 bits per heavy atom. The van der Waals surface area contributed by atoms with Crippen molar-refractivity contribution in [3.63, 3.8) is 0 Å². The Morgan fingerprint density at radius 1 is 1.38 bits per heavy atom. The van der Waals surface area contributed by atoms with Crippen molar-refractivity contribution in [1.82, 2.24) is 4.90 Å². The van der Waals surface area contributed by atoms with Crippen LogP contribution in [-0.2, 0) is 16.1 Å². The summed E-state index contributed by atoms with van der Waals surface area (Å²) >= 11 is 5.45. The van der Waals surface area contributed by atoms with Gasteiger partial charge < -0.3 is 9.64 Å². The Bertz CT molecular complexity index is 349. The van der Waals surface area contributed by atoms with Gasteiger partial charge >= 0.3 is 0 Å². The third-order valence-corrected chi connectivity index (χ3v) is 2.87. The number of amides is 1. The molecule has 0 spiro atoms. The van der Waals surface area contributed by atoms with Crippen molar-refractivity contribution in [3.05, 3.63) is 35.9 Å². The van der Waals surface area contributed by atoms with Crippen molar-refractivity contribution >= 4 is 17.5 Å². The minimum Gasteiger partial charge on any atom is -0.370 e. The monoisotopic (exact) mass is 239 g/mol. The second-order valence-corrected chi connectivity index (χ2v) is 4.12. The molecule has 0 unspecified atom stereocenters. The van der Waals surface area contributed by atoms with Crippen molar-refractivity contribution < 1.29 is 9.53 Å². The first-order valence-corrected chi connectivity index (χ1v) is 5.82. The lowest BCUT2D eigenvalue weighted by molar-refractivity contribution is -0.143. The van der Waals surface area contributed by atoms with E-state index >= 15 is 0 Å². The van der Waals surface area contributed by atoms with Gasteiger partial charge in [0.1, 0.15) is 5.88 Å². The molecule has 1 amide bonds. The number of carbonyl (C=O) groups excluding carboxylic acids is 1. The van der Waals surface area contributed by atoms with E-state index in [4.69, 9.17) is 16.3 Å². The molecular formula is C12H14ClNO2. The van der Waals surface area contributed by atoms with Crippen LogP contribution in [-0.4, -0.2) is 35.9 Å². The maximum Gasteiger partial charge on any atom is 0.237 e. The molecule has 0 atom stereocenters. The number of hydrogen-bond acceptors (Lipinski definition) is 2. The van der Waals surface area contributed by atoms with Crippen LogP contribution < -0.4 is 0 Å². The van der Waals surface area contributed by atoms with Crippen LogP contribution in [0.25, 0.3) is 0 Å². The SMILES string of the molecule is O=C(CCl)N1CC(OCc2ccccc2)C1. The molecule has 1 heterocycles. The van der Waals surface area contributed by atoms with E-state index in [0.29, 0.717) is 19.7 Å². The molecule has 1 aromatic rings. The number of nitrogens with zero attached hydrogens (tertiary/aromatic N) is 1. The lowest BCUT2D eigenvalue weighted by Crippen LogP contribution is -2.55. The van der Waals surface area contributed by atoms with Gasteiger partial charge in [-0.15, -0.1) is 11.6 Å². The molecule has 1 aliphatic heterocycles. The van der Waals surface area contributed by atoms with Gasteiger partial charge in [0.15, 0.2) is 0 Å². The topological polar surface area (TPSA) is 29.5 Å². The van der Waals surface area contributed by atoms with E-state index < -0.39 is 0 Å². The van der Waals surface area contributed by atoms with Gasteiger partial charge in [-0.1, -0.05) is 30.3 Å². The van der Waals surface area contributed by atoms with Crippen LogP contribution in [0.15, 0.2) is 30.3 Å². The number of hydrogen-bond donors (Lipinski definition) is 0. The first-order chi connectivity index (χ1) is 7.79. The normalized spacial score (nSPS) is 15.9. The molecule has 0 aromatic heterocycles. The molecule has 0 saturated carbocycles. The fraction of sp³-hybridized carbons (Fsp3) is 0.417. The van der Waals surface area contributed by atoms with E-state index in [1.54, 1.807) is 4.90 Å². The zero-order chi connectivity index (χ0) is 11.4. The van der Waals surface area contributed by atoms with Gasteiger partial charge in [-0.3, -0.25) is 4.79 Å². The van der Waals surface area contributed by atoms with E-state index in [-0.39, 0.29) is 17.9 Å². The number of carbonyl (C=O) groups is 1. The third-order valence-electron chi connectivity index (χ3n) is 2.64. The van der Waals surface area contributed by atoms with Crippen molar-refractivity contribution in [2.24, 2.45) is 0 Å². The minimum atomic E-state index is -0.0128. The molecule has 4 heteroatoms. The Kier molecular flexibility index (Phi) is 3.80. The van der Waals surface area contributed by atoms with Gasteiger partial charge in [-0.25, -0.2) is 0 Å². The summed E-state index contributed by atoms with van der Waals surface area (Å²) in [5.74, 6) is 0.0482. The Morgan fingerprint density at radius 3 is 2.69 bits per heavy atom. The van der Waals surface area contributed by atoms with Crippen LogP contribution in [0.4, 0.5) is 0 Å². The van der Waals surface area contributed by atoms with Gasteiger partial charge in [0.25, 0.3) is 0 Å². The Labute approximate surface area is 100.0 Å². The first kappa shape index (κ1) is 11.4. The number of alkyl halides is 1. The smallest absolute Gasteiger partial charge is 0.237 e. The van der Waals surface area contributed by atoms with Gasteiger partial charge in [0, 0.05) is 13.1 Å². The Balaban J connectivity index is 1.69. The summed E-state index contributed by atoms with van der Waals surface area (Å²) < 4.78 is 5.65. The molecule has 2 rings (SSSR count). The number of likely N-dealkylation sites (tertiary alicyclic amines) is 1. The molecule has 16 heavy (non-hydrogen) atoms. The predicted molar refractivity (Wildman–Crippen MR) is 62.3 cm³/mol. The molecule has 0 aliphatic carbocycles. The van der Waals surface area contributed by atoms with Crippen molar-refractivity contribution in [3.8, 4) is 0 Å². The van der Waals surface area contributed by atoms with E-state index in [0.717, 1.165) is 5.56 Å². The van der Waals surface area contributed by atoms with Gasteiger partial charge in [-0.2, -0.15) is 0 Å². The number of rotatable bonds is 4. The zero-order valence-electron chi connectivity index (χ0n) is 8.93. The fourth-order valence-corrected chi connectivity index (χ4v) is 1.79. The molecule has 1 aromatic carbocycles. The molecule has 0 radical (unpaired) electrons. The summed E-state index contributed by atoms with van der Waals surface area (Å²) in [6.45, 7) is 1.94. The van der Waals surface area contributed by atoms with E-state index in [1.165, 1.54) is 0 Å². The average molecular weight is 240 g/mol. The molecule has 0 bridgehead atoms. The van der Waals surface area contributed by atoms with Crippen LogP contribution in [0.2, 0.25) is 0 Å². The van der Waals surface area contributed by atoms with Gasteiger partial charge in [-0.05, 0) is 5.56 Å². The zero-order valence-corrected chi connectivity index (χ0v) is 9.69. The average Bonchev–Trinajstić information content (AvgIpc) is 2.28. The third kappa shape index (κ3) is 2.74. The van der Waals surface area contributed by atoms with Crippen LogP contribution in [0.1, 0.15) is 5.56 Å². The first-order valence-electron chi connectivity index (χ1n) is 5.29. The molecule has 1 saturated heterocycles. The highest BCUT2D eigenvalue weighted by atomic mass is 35.5. The molecule has 3 nitrogen and oxygen atoms in total. The molecule has 86 valence electrons. The summed E-state index contributed by atoms with van der Waals surface area (Å²) in [5.41, 5.74) is 1.16. The number of ether oxygens (including phenoxy) is 1. The second-order valence-electron chi connectivity index (χ2n) is 3.85. The van der Waals surface area contributed by atoms with Crippen molar-refractivity contribution in [2.45, 2.75) is 12.7 Å². The van der Waals surface area contributed by atoms with Gasteiger partial charge in [0.2, 0.25) is 5.91 Å². The van der Waals surface area contributed by atoms with E-state index in [2.05, 4.69) is 0 Å². The highest BCUT2D eigenvalue weighted by Crippen LogP contribution is 2.14. The maximum atomic E-state index is 11.2. The van der Waals surface area contributed by atoms with E-state index in [1.807, 2.05) is 30.3 Å². The predicted octanol–water partition coefficient (Wildman–Crippen LogP) is 1.65. The second kappa shape index (κ2) is 5.32. The van der Waals surface area contributed by atoms with Crippen molar-refractivity contribution in [2.75, 3.05) is 19.0 Å². The van der Waals surface area contributed by atoms with E-state index in [9.17, 15) is 4.79 Å². The minimum absolute atomic E-state index is 0.0128. The summed E-state index contributed by atoms with van der Waals surface area (Å²) in [6, 6.07) is 10.0. The quantitative estimate of drug-likeness (QED) is 0.748. The van der Waals surface area contributed by atoms with Crippen LogP contribution in [0.3, 0.4) is 0 Å². The van der Waals surface area contributed by atoms with Crippen LogP contribution in [0.5, 0.6) is 0 Å². The Hall–Kier alpha value is -1.06. The maximum absolute atomic E-state index is 11.2.